The van der Waals surface area contributed by atoms with Crippen LogP contribution in [0.2, 0.25) is 0 Å². The second-order valence-electron chi connectivity index (χ2n) is 7.62. The largest absolute Gasteiger partial charge is 0.457 e. The Kier molecular flexibility index (Phi) is 5.85. The fraction of sp³-hybridized carbons (Fsp3) is 0. The second kappa shape index (κ2) is 9.11. The third-order valence-electron chi connectivity index (χ3n) is 5.42. The van der Waals surface area contributed by atoms with Crippen LogP contribution >= 0.6 is 22.6 Å². The van der Waals surface area contributed by atoms with Gasteiger partial charge in [0.1, 0.15) is 11.5 Å². The van der Waals surface area contributed by atoms with E-state index in [0.717, 1.165) is 20.5 Å². The standard InChI is InChI=1S/C27H17IN2O4/c28-21-8-12-22(13-9-21)29-25(18-4-2-1-3-5-18)17-20(27(29)31)16-24-14-15-26(34-24)19-6-10-23(11-7-19)30(32)33/h1-17H/b20-16+. The van der Waals surface area contributed by atoms with E-state index in [4.69, 9.17) is 4.42 Å². The van der Waals surface area contributed by atoms with Crippen LogP contribution in [0.15, 0.2) is 107 Å². The fourth-order valence-corrected chi connectivity index (χ4v) is 4.13. The smallest absolute Gasteiger partial charge is 0.269 e. The normalized spacial score (nSPS) is 14.5. The number of nitro groups is 1. The number of benzene rings is 3. The van der Waals surface area contributed by atoms with Crippen LogP contribution in [0.4, 0.5) is 11.4 Å². The van der Waals surface area contributed by atoms with Crippen LogP contribution in [0.3, 0.4) is 0 Å². The van der Waals surface area contributed by atoms with Gasteiger partial charge in [-0.2, -0.15) is 0 Å². The zero-order valence-electron chi connectivity index (χ0n) is 17.7. The van der Waals surface area contributed by atoms with Gasteiger partial charge in [-0.15, -0.1) is 0 Å². The van der Waals surface area contributed by atoms with Crippen LogP contribution in [0.1, 0.15) is 11.3 Å². The summed E-state index contributed by atoms with van der Waals surface area (Å²) >= 11 is 2.24. The van der Waals surface area contributed by atoms with Crippen molar-refractivity contribution >= 4 is 51.6 Å². The maximum Gasteiger partial charge on any atom is 0.269 e. The molecule has 0 unspecified atom stereocenters. The lowest BCUT2D eigenvalue weighted by atomic mass is 10.1. The molecule has 34 heavy (non-hydrogen) atoms. The number of amides is 1. The van der Waals surface area contributed by atoms with Gasteiger partial charge >= 0.3 is 0 Å². The lowest BCUT2D eigenvalue weighted by Crippen LogP contribution is -2.24. The molecule has 0 bridgehead atoms. The number of furan rings is 1. The molecular weight excluding hydrogens is 543 g/mol. The van der Waals surface area contributed by atoms with Gasteiger partial charge in [0.2, 0.25) is 0 Å². The van der Waals surface area contributed by atoms with Crippen LogP contribution < -0.4 is 4.90 Å². The van der Waals surface area contributed by atoms with Crippen molar-refractivity contribution in [2.45, 2.75) is 0 Å². The van der Waals surface area contributed by atoms with Gasteiger partial charge in [-0.25, -0.2) is 0 Å². The van der Waals surface area contributed by atoms with Crippen molar-refractivity contribution in [2.24, 2.45) is 0 Å². The van der Waals surface area contributed by atoms with Crippen molar-refractivity contribution in [3.8, 4) is 11.3 Å². The number of rotatable bonds is 5. The first-order valence-corrected chi connectivity index (χ1v) is 11.5. The molecule has 1 aliphatic rings. The number of carbonyl (C=O) groups is 1. The lowest BCUT2D eigenvalue weighted by Gasteiger charge is -2.20. The lowest BCUT2D eigenvalue weighted by molar-refractivity contribution is -0.384. The van der Waals surface area contributed by atoms with Crippen molar-refractivity contribution in [1.29, 1.82) is 0 Å². The minimum absolute atomic E-state index is 0.0171. The minimum Gasteiger partial charge on any atom is -0.457 e. The van der Waals surface area contributed by atoms with E-state index in [9.17, 15) is 14.9 Å². The summed E-state index contributed by atoms with van der Waals surface area (Å²) in [7, 11) is 0. The summed E-state index contributed by atoms with van der Waals surface area (Å²) < 4.78 is 7.02. The van der Waals surface area contributed by atoms with E-state index in [-0.39, 0.29) is 11.6 Å². The summed E-state index contributed by atoms with van der Waals surface area (Å²) in [5, 5.41) is 10.9. The Hall–Kier alpha value is -3.98. The first kappa shape index (κ1) is 21.8. The van der Waals surface area contributed by atoms with E-state index < -0.39 is 4.92 Å². The monoisotopic (exact) mass is 560 g/mol. The zero-order valence-corrected chi connectivity index (χ0v) is 19.9. The Labute approximate surface area is 209 Å². The van der Waals surface area contributed by atoms with Crippen LogP contribution in [0.25, 0.3) is 23.1 Å². The van der Waals surface area contributed by atoms with Gasteiger partial charge in [-0.05, 0) is 88.8 Å². The summed E-state index contributed by atoms with van der Waals surface area (Å²) in [5.41, 5.74) is 3.75. The van der Waals surface area contributed by atoms with Crippen molar-refractivity contribution < 1.29 is 14.1 Å². The highest BCUT2D eigenvalue weighted by Crippen LogP contribution is 2.36. The molecule has 0 fully saturated rings. The van der Waals surface area contributed by atoms with Gasteiger partial charge in [-0.3, -0.25) is 19.8 Å². The van der Waals surface area contributed by atoms with Crippen LogP contribution in [0, 0.1) is 13.7 Å². The number of carbonyl (C=O) groups excluding carboxylic acids is 1. The van der Waals surface area contributed by atoms with Gasteiger partial charge in [0.15, 0.2) is 0 Å². The van der Waals surface area contributed by atoms with E-state index in [0.29, 0.717) is 22.7 Å². The minimum atomic E-state index is -0.441. The van der Waals surface area contributed by atoms with E-state index in [1.807, 2.05) is 60.7 Å². The Morgan fingerprint density at radius 2 is 1.56 bits per heavy atom. The number of non-ortho nitro benzene ring substituents is 1. The zero-order chi connectivity index (χ0) is 23.7. The molecular formula is C27H17IN2O4. The Balaban J connectivity index is 1.50. The van der Waals surface area contributed by atoms with Gasteiger partial charge < -0.3 is 4.42 Å². The molecule has 1 aromatic heterocycles. The van der Waals surface area contributed by atoms with Gasteiger partial charge in [0, 0.05) is 32.5 Å². The molecule has 166 valence electrons. The molecule has 0 spiro atoms. The van der Waals surface area contributed by atoms with Crippen molar-refractivity contribution in [3.63, 3.8) is 0 Å². The molecule has 2 heterocycles. The average molecular weight is 560 g/mol. The second-order valence-corrected chi connectivity index (χ2v) is 8.86. The molecule has 0 saturated carbocycles. The van der Waals surface area contributed by atoms with E-state index in [2.05, 4.69) is 22.6 Å². The Morgan fingerprint density at radius 1 is 0.853 bits per heavy atom. The molecule has 3 aromatic carbocycles. The van der Waals surface area contributed by atoms with Crippen molar-refractivity contribution in [3.05, 3.63) is 128 Å². The van der Waals surface area contributed by atoms with Gasteiger partial charge in [0.05, 0.1) is 10.6 Å². The van der Waals surface area contributed by atoms with Crippen LogP contribution in [-0.4, -0.2) is 10.8 Å². The van der Waals surface area contributed by atoms with Gasteiger partial charge in [0.25, 0.3) is 11.6 Å². The predicted octanol–water partition coefficient (Wildman–Crippen LogP) is 6.93. The third kappa shape index (κ3) is 4.29. The summed E-state index contributed by atoms with van der Waals surface area (Å²) in [6, 6.07) is 27.3. The number of hydrogen-bond acceptors (Lipinski definition) is 4. The van der Waals surface area contributed by atoms with E-state index in [1.165, 1.54) is 12.1 Å². The molecule has 0 radical (unpaired) electrons. The van der Waals surface area contributed by atoms with Crippen LogP contribution in [-0.2, 0) is 4.79 Å². The molecule has 6 nitrogen and oxygen atoms in total. The SMILES string of the molecule is O=C1/C(=C/c2ccc(-c3ccc([N+](=O)[O-])cc3)o2)C=C(c2ccccc2)N1c1ccc(I)cc1. The molecule has 0 N–H and O–H groups in total. The molecule has 0 saturated heterocycles. The summed E-state index contributed by atoms with van der Waals surface area (Å²) in [6.07, 6.45) is 3.58. The highest BCUT2D eigenvalue weighted by molar-refractivity contribution is 14.1. The summed E-state index contributed by atoms with van der Waals surface area (Å²) in [4.78, 5) is 25.6. The third-order valence-corrected chi connectivity index (χ3v) is 6.14. The molecule has 1 aliphatic heterocycles. The molecule has 4 aromatic rings. The highest BCUT2D eigenvalue weighted by atomic mass is 127. The fourth-order valence-electron chi connectivity index (χ4n) is 3.77. The number of anilines is 1. The van der Waals surface area contributed by atoms with Crippen LogP contribution in [0.5, 0.6) is 0 Å². The first-order valence-electron chi connectivity index (χ1n) is 10.4. The molecule has 7 heteroatoms. The first-order chi connectivity index (χ1) is 16.5. The number of nitro benzene ring substituents is 1. The molecule has 0 aliphatic carbocycles. The maximum absolute atomic E-state index is 13.5. The molecule has 0 atom stereocenters. The highest BCUT2D eigenvalue weighted by Gasteiger charge is 2.30. The Bertz CT molecular complexity index is 1440. The molecule has 5 rings (SSSR count). The maximum atomic E-state index is 13.5. The topological polar surface area (TPSA) is 76.6 Å². The number of hydrogen-bond donors (Lipinski definition) is 0. The Morgan fingerprint density at radius 3 is 2.24 bits per heavy atom. The summed E-state index contributed by atoms with van der Waals surface area (Å²) in [5.74, 6) is 0.937. The average Bonchev–Trinajstić information content (AvgIpc) is 3.45. The predicted molar refractivity (Wildman–Crippen MR) is 140 cm³/mol. The molecule has 1 amide bonds. The summed E-state index contributed by atoms with van der Waals surface area (Å²) in [6.45, 7) is 0. The van der Waals surface area contributed by atoms with E-state index in [1.54, 1.807) is 35.2 Å². The van der Waals surface area contributed by atoms with Gasteiger partial charge in [-0.1, -0.05) is 30.3 Å². The quantitative estimate of drug-likeness (QED) is 0.115. The number of nitrogens with zero attached hydrogens (tertiary/aromatic N) is 2. The van der Waals surface area contributed by atoms with Crippen molar-refractivity contribution in [2.75, 3.05) is 4.90 Å². The van der Waals surface area contributed by atoms with E-state index >= 15 is 0 Å². The van der Waals surface area contributed by atoms with Crippen molar-refractivity contribution in [1.82, 2.24) is 0 Å². The number of halogens is 1.